The fourth-order valence-electron chi connectivity index (χ4n) is 1.93. The minimum absolute atomic E-state index is 0.0932. The molecule has 0 spiro atoms. The lowest BCUT2D eigenvalue weighted by Crippen LogP contribution is -2.12. The molecule has 0 aliphatic rings. The molecule has 25 heavy (non-hydrogen) atoms. The summed E-state index contributed by atoms with van der Waals surface area (Å²) in [6.45, 7) is 28.5. The first kappa shape index (κ1) is 28.4. The van der Waals surface area contributed by atoms with Crippen molar-refractivity contribution in [2.24, 2.45) is 5.10 Å². The second kappa shape index (κ2) is 18.9. The highest BCUT2D eigenvalue weighted by molar-refractivity contribution is 7.64. The first-order valence-corrected chi connectivity index (χ1v) is 11.6. The molecule has 0 aliphatic carbocycles. The van der Waals surface area contributed by atoms with E-state index in [0.29, 0.717) is 5.92 Å². The second-order valence-corrected chi connectivity index (χ2v) is 7.13. The Bertz CT molecular complexity index is 489. The lowest BCUT2D eigenvalue weighted by atomic mass is 9.99. The van der Waals surface area contributed by atoms with Crippen molar-refractivity contribution in [2.45, 2.75) is 61.3 Å². The monoisotopic (exact) mass is 364 g/mol. The first-order chi connectivity index (χ1) is 12.0. The third-order valence-electron chi connectivity index (χ3n) is 2.90. The molecule has 0 saturated heterocycles. The smallest absolute Gasteiger partial charge is 0.0899 e. The highest BCUT2D eigenvalue weighted by Gasteiger charge is 2.11. The van der Waals surface area contributed by atoms with Gasteiger partial charge >= 0.3 is 0 Å². The van der Waals surface area contributed by atoms with E-state index < -0.39 is 0 Å². The Morgan fingerprint density at radius 3 is 1.92 bits per heavy atom. The van der Waals surface area contributed by atoms with Crippen LogP contribution in [-0.4, -0.2) is 19.0 Å². The number of hydrogen-bond acceptors (Lipinski definition) is 2. The summed E-state index contributed by atoms with van der Waals surface area (Å²) in [4.78, 5) is 0. The molecule has 0 heterocycles. The van der Waals surface area contributed by atoms with Crippen LogP contribution in [0.5, 0.6) is 0 Å². The highest BCUT2D eigenvalue weighted by Crippen LogP contribution is 2.29. The third-order valence-corrected chi connectivity index (χ3v) is 4.27. The van der Waals surface area contributed by atoms with Gasteiger partial charge in [-0.1, -0.05) is 88.6 Å². The van der Waals surface area contributed by atoms with Crippen LogP contribution in [0, 0.1) is 0 Å². The van der Waals surface area contributed by atoms with Crippen molar-refractivity contribution in [3.63, 3.8) is 0 Å². The molecule has 1 aromatic carbocycles. The second-order valence-electron chi connectivity index (χ2n) is 4.86. The maximum absolute atomic E-state index is 4.24. The van der Waals surface area contributed by atoms with E-state index in [1.165, 1.54) is 10.9 Å². The summed E-state index contributed by atoms with van der Waals surface area (Å²) >= 11 is 0. The summed E-state index contributed by atoms with van der Waals surface area (Å²) < 4.78 is 0. The summed E-state index contributed by atoms with van der Waals surface area (Å²) in [5, 5.41) is 5.71. The van der Waals surface area contributed by atoms with E-state index >= 15 is 0 Å². The van der Waals surface area contributed by atoms with Gasteiger partial charge in [-0.2, -0.15) is 5.10 Å². The predicted molar refractivity (Wildman–Crippen MR) is 123 cm³/mol. The van der Waals surface area contributed by atoms with Gasteiger partial charge in [0.1, 0.15) is 0 Å². The number of hydrazone groups is 1. The summed E-state index contributed by atoms with van der Waals surface area (Å²) in [5.41, 5.74) is 6.10. The minimum Gasteiger partial charge on any atom is -0.286 e. The standard InChI is InChI=1S/C16H23N2P.3C2H6/c1-7-15(18-17-8-2)13-9-10-16(19(5)6)14(11-13)12(3)4;3*1-2/h7-12,17H,1-2H2,3-6H3;3*1-2H3/b18-15+;;;. The van der Waals surface area contributed by atoms with E-state index in [1.54, 1.807) is 12.3 Å². The maximum atomic E-state index is 4.24. The third kappa shape index (κ3) is 10.9. The number of hydrogen-bond donors (Lipinski definition) is 1. The van der Waals surface area contributed by atoms with E-state index in [9.17, 15) is 0 Å². The Hall–Kier alpha value is -1.40. The Morgan fingerprint density at radius 1 is 1.04 bits per heavy atom. The van der Waals surface area contributed by atoms with Crippen LogP contribution >= 0.6 is 7.92 Å². The Morgan fingerprint density at radius 2 is 1.56 bits per heavy atom. The van der Waals surface area contributed by atoms with Gasteiger partial charge in [0, 0.05) is 11.8 Å². The van der Waals surface area contributed by atoms with Crippen molar-refractivity contribution in [3.05, 3.63) is 54.8 Å². The molecule has 0 aliphatic heterocycles. The quantitative estimate of drug-likeness (QED) is 0.332. The molecule has 144 valence electrons. The van der Waals surface area contributed by atoms with Crippen LogP contribution in [0.15, 0.2) is 48.7 Å². The van der Waals surface area contributed by atoms with E-state index in [-0.39, 0.29) is 7.92 Å². The van der Waals surface area contributed by atoms with Crippen LogP contribution in [-0.2, 0) is 0 Å². The molecule has 1 rings (SSSR count). The Balaban J connectivity index is -0.000000725. The molecule has 0 fully saturated rings. The van der Waals surface area contributed by atoms with Crippen molar-refractivity contribution in [1.29, 1.82) is 0 Å². The Kier molecular flexibility index (Phi) is 21.5. The summed E-state index contributed by atoms with van der Waals surface area (Å²) in [6.07, 6.45) is 3.31. The zero-order valence-electron chi connectivity index (χ0n) is 18.3. The van der Waals surface area contributed by atoms with Gasteiger partial charge in [0.2, 0.25) is 0 Å². The van der Waals surface area contributed by atoms with Crippen LogP contribution in [0.25, 0.3) is 0 Å². The maximum Gasteiger partial charge on any atom is 0.0899 e. The SMILES string of the molecule is C=CN/N=C(\C=C)c1ccc(P(C)C)c(C(C)C)c1.CC.CC.CC. The molecule has 0 bridgehead atoms. The largest absolute Gasteiger partial charge is 0.286 e. The zero-order chi connectivity index (χ0) is 20.4. The lowest BCUT2D eigenvalue weighted by molar-refractivity contribution is 0.873. The van der Waals surface area contributed by atoms with Crippen LogP contribution in [0.1, 0.15) is 72.4 Å². The molecule has 2 nitrogen and oxygen atoms in total. The van der Waals surface area contributed by atoms with Crippen molar-refractivity contribution >= 4 is 18.9 Å². The molecule has 0 aromatic heterocycles. The molecule has 0 radical (unpaired) electrons. The average molecular weight is 365 g/mol. The minimum atomic E-state index is -0.0932. The molecule has 0 atom stereocenters. The average Bonchev–Trinajstić information content (AvgIpc) is 2.67. The topological polar surface area (TPSA) is 24.4 Å². The van der Waals surface area contributed by atoms with Crippen molar-refractivity contribution < 1.29 is 0 Å². The number of allylic oxidation sites excluding steroid dienone is 1. The molecule has 3 heteroatoms. The molecule has 0 saturated carbocycles. The fourth-order valence-corrected chi connectivity index (χ4v) is 3.14. The van der Waals surface area contributed by atoms with Crippen LogP contribution < -0.4 is 10.7 Å². The van der Waals surface area contributed by atoms with Gasteiger partial charge in [0.15, 0.2) is 0 Å². The van der Waals surface area contributed by atoms with E-state index in [1.807, 2.05) is 41.5 Å². The Labute approximate surface area is 159 Å². The zero-order valence-corrected chi connectivity index (χ0v) is 19.2. The molecule has 1 N–H and O–H groups in total. The van der Waals surface area contributed by atoms with E-state index in [0.717, 1.165) is 11.3 Å². The number of rotatable bonds is 6. The van der Waals surface area contributed by atoms with E-state index in [4.69, 9.17) is 0 Å². The van der Waals surface area contributed by atoms with Crippen molar-refractivity contribution in [3.8, 4) is 0 Å². The van der Waals surface area contributed by atoms with Crippen LogP contribution in [0.4, 0.5) is 0 Å². The van der Waals surface area contributed by atoms with E-state index in [2.05, 4.69) is 69.1 Å². The van der Waals surface area contributed by atoms with Gasteiger partial charge in [0.25, 0.3) is 0 Å². The van der Waals surface area contributed by atoms with Gasteiger partial charge in [-0.05, 0) is 42.3 Å². The van der Waals surface area contributed by atoms with Crippen LogP contribution in [0.3, 0.4) is 0 Å². The van der Waals surface area contributed by atoms with Crippen LogP contribution in [0.2, 0.25) is 0 Å². The number of nitrogens with zero attached hydrogens (tertiary/aromatic N) is 1. The first-order valence-electron chi connectivity index (χ1n) is 9.39. The summed E-state index contributed by atoms with van der Waals surface area (Å²) in [5.74, 6) is 0.512. The molecular weight excluding hydrogens is 323 g/mol. The fraction of sp³-hybridized carbons (Fsp3) is 0.500. The number of nitrogens with one attached hydrogen (secondary N) is 1. The molecule has 0 unspecified atom stereocenters. The summed E-state index contributed by atoms with van der Waals surface area (Å²) in [7, 11) is -0.0932. The molecule has 1 aromatic rings. The highest BCUT2D eigenvalue weighted by atomic mass is 31.1. The lowest BCUT2D eigenvalue weighted by Gasteiger charge is -2.17. The summed E-state index contributed by atoms with van der Waals surface area (Å²) in [6, 6.07) is 6.58. The van der Waals surface area contributed by atoms with Gasteiger partial charge in [-0.25, -0.2) is 0 Å². The molecular formula is C22H41N2P. The molecule has 0 amide bonds. The van der Waals surface area contributed by atoms with Crippen molar-refractivity contribution in [2.75, 3.05) is 13.3 Å². The van der Waals surface area contributed by atoms with Gasteiger partial charge < -0.3 is 0 Å². The number of benzene rings is 1. The predicted octanol–water partition coefficient (Wildman–Crippen LogP) is 6.88. The normalized spacial score (nSPS) is 9.68. The van der Waals surface area contributed by atoms with Gasteiger partial charge in [-0.15, -0.1) is 0 Å². The van der Waals surface area contributed by atoms with Gasteiger partial charge in [0.05, 0.1) is 5.71 Å². The van der Waals surface area contributed by atoms with Gasteiger partial charge in [-0.3, -0.25) is 5.43 Å². The van der Waals surface area contributed by atoms with Crippen molar-refractivity contribution in [1.82, 2.24) is 5.43 Å².